The Morgan fingerprint density at radius 1 is 1.21 bits per heavy atom. The summed E-state index contributed by atoms with van der Waals surface area (Å²) in [7, 11) is 2.81. The molecule has 0 aromatic carbocycles. The Morgan fingerprint density at radius 3 is 2.26 bits per heavy atom. The first-order valence-electron chi connectivity index (χ1n) is 5.68. The molecule has 2 heterocycles. The average Bonchev–Trinajstić information content (AvgIpc) is 2.74. The van der Waals surface area contributed by atoms with Gasteiger partial charge in [0.15, 0.2) is 11.2 Å². The Bertz CT molecular complexity index is 794. The van der Waals surface area contributed by atoms with Crippen LogP contribution in [0.3, 0.4) is 0 Å². The van der Waals surface area contributed by atoms with Crippen molar-refractivity contribution in [2.45, 2.75) is 19.9 Å². The number of hydrogen-bond donors (Lipinski definition) is 1. The molecule has 0 aliphatic heterocycles. The molecule has 0 saturated carbocycles. The number of aromatic carboxylic acids is 1. The number of nitrogens with zero attached hydrogens (tertiary/aromatic N) is 4. The lowest BCUT2D eigenvalue weighted by Crippen LogP contribution is -2.37. The van der Waals surface area contributed by atoms with Crippen molar-refractivity contribution in [3.63, 3.8) is 0 Å². The Hall–Kier alpha value is -2.38. The van der Waals surface area contributed by atoms with Crippen molar-refractivity contribution >= 4 is 17.1 Å². The summed E-state index contributed by atoms with van der Waals surface area (Å²) in [6.07, 6.45) is 0. The molecule has 0 atom stereocenters. The number of aryl methyl sites for hydroxylation is 1. The summed E-state index contributed by atoms with van der Waals surface area (Å²) in [4.78, 5) is 39.0. The molecule has 0 spiro atoms. The number of fused-ring (bicyclic) bond motifs is 1. The van der Waals surface area contributed by atoms with Crippen LogP contribution in [0.15, 0.2) is 9.59 Å². The van der Waals surface area contributed by atoms with Crippen LogP contribution in [0.25, 0.3) is 11.2 Å². The van der Waals surface area contributed by atoms with Crippen molar-refractivity contribution in [1.29, 1.82) is 0 Å². The molecule has 0 unspecified atom stereocenters. The van der Waals surface area contributed by atoms with Gasteiger partial charge in [-0.3, -0.25) is 13.9 Å². The third kappa shape index (κ3) is 1.67. The second-order valence-electron chi connectivity index (χ2n) is 4.58. The van der Waals surface area contributed by atoms with Crippen LogP contribution >= 0.6 is 0 Å². The van der Waals surface area contributed by atoms with E-state index >= 15 is 0 Å². The lowest BCUT2D eigenvalue weighted by Gasteiger charge is -2.12. The van der Waals surface area contributed by atoms with Gasteiger partial charge in [-0.2, -0.15) is 0 Å². The molecule has 102 valence electrons. The first kappa shape index (κ1) is 13.1. The molecular weight excluding hydrogens is 252 g/mol. The maximum absolute atomic E-state index is 12.0. The highest BCUT2D eigenvalue weighted by molar-refractivity contribution is 5.88. The van der Waals surface area contributed by atoms with Crippen molar-refractivity contribution in [3.8, 4) is 0 Å². The molecular formula is C11H14N4O4. The third-order valence-electron chi connectivity index (χ3n) is 2.99. The van der Waals surface area contributed by atoms with E-state index in [-0.39, 0.29) is 23.0 Å². The zero-order valence-corrected chi connectivity index (χ0v) is 11.0. The number of carboxylic acids is 1. The summed E-state index contributed by atoms with van der Waals surface area (Å²) in [5.41, 5.74) is -0.910. The molecule has 0 saturated heterocycles. The molecule has 1 N–H and O–H groups in total. The Morgan fingerprint density at radius 2 is 1.79 bits per heavy atom. The average molecular weight is 266 g/mol. The number of aromatic nitrogens is 4. The SMILES string of the molecule is CC(C)n1c(C(=O)O)nc2c(=O)n(C)c(=O)n(C)c21. The van der Waals surface area contributed by atoms with E-state index in [1.807, 2.05) is 0 Å². The van der Waals surface area contributed by atoms with Gasteiger partial charge in [0.05, 0.1) is 0 Å². The van der Waals surface area contributed by atoms with E-state index in [1.165, 1.54) is 23.2 Å². The second kappa shape index (κ2) is 4.08. The number of imidazole rings is 1. The quantitative estimate of drug-likeness (QED) is 0.805. The van der Waals surface area contributed by atoms with Crippen LogP contribution in [-0.2, 0) is 14.1 Å². The van der Waals surface area contributed by atoms with Gasteiger partial charge < -0.3 is 9.67 Å². The summed E-state index contributed by atoms with van der Waals surface area (Å²) in [6.45, 7) is 3.52. The van der Waals surface area contributed by atoms with E-state index in [4.69, 9.17) is 5.11 Å². The summed E-state index contributed by atoms with van der Waals surface area (Å²) in [6, 6.07) is -0.242. The summed E-state index contributed by atoms with van der Waals surface area (Å²) in [5, 5.41) is 9.16. The number of rotatable bonds is 2. The molecule has 8 nitrogen and oxygen atoms in total. The first-order valence-corrected chi connectivity index (χ1v) is 5.68. The summed E-state index contributed by atoms with van der Waals surface area (Å²) < 4.78 is 3.52. The van der Waals surface area contributed by atoms with Crippen LogP contribution in [0.2, 0.25) is 0 Å². The Kier molecular flexibility index (Phi) is 2.80. The largest absolute Gasteiger partial charge is 0.475 e. The smallest absolute Gasteiger partial charge is 0.372 e. The molecule has 2 aromatic rings. The molecule has 2 rings (SSSR count). The van der Waals surface area contributed by atoms with Gasteiger partial charge in [0.25, 0.3) is 5.56 Å². The van der Waals surface area contributed by atoms with Crippen molar-refractivity contribution in [2.24, 2.45) is 14.1 Å². The fraction of sp³-hybridized carbons (Fsp3) is 0.455. The van der Waals surface area contributed by atoms with Crippen molar-refractivity contribution in [3.05, 3.63) is 26.7 Å². The summed E-state index contributed by atoms with van der Waals surface area (Å²) >= 11 is 0. The van der Waals surface area contributed by atoms with E-state index in [2.05, 4.69) is 4.98 Å². The highest BCUT2D eigenvalue weighted by Crippen LogP contribution is 2.17. The van der Waals surface area contributed by atoms with E-state index < -0.39 is 17.2 Å². The lowest BCUT2D eigenvalue weighted by atomic mass is 10.3. The maximum atomic E-state index is 12.0. The van der Waals surface area contributed by atoms with Crippen LogP contribution < -0.4 is 11.2 Å². The highest BCUT2D eigenvalue weighted by Gasteiger charge is 2.23. The molecule has 8 heteroatoms. The molecule has 0 amide bonds. The lowest BCUT2D eigenvalue weighted by molar-refractivity contribution is 0.0677. The van der Waals surface area contributed by atoms with Gasteiger partial charge in [0.2, 0.25) is 5.82 Å². The fourth-order valence-corrected chi connectivity index (χ4v) is 2.09. The Labute approximate surface area is 107 Å². The molecule has 0 aliphatic rings. The number of hydrogen-bond acceptors (Lipinski definition) is 4. The monoisotopic (exact) mass is 266 g/mol. The first-order chi connectivity index (χ1) is 8.77. The van der Waals surface area contributed by atoms with Crippen LogP contribution in [0.5, 0.6) is 0 Å². The molecule has 0 bridgehead atoms. The predicted molar refractivity (Wildman–Crippen MR) is 67.6 cm³/mol. The fourth-order valence-electron chi connectivity index (χ4n) is 2.09. The van der Waals surface area contributed by atoms with Gasteiger partial charge in [-0.25, -0.2) is 14.6 Å². The predicted octanol–water partition coefficient (Wildman–Crippen LogP) is -0.287. The van der Waals surface area contributed by atoms with Gasteiger partial charge >= 0.3 is 11.7 Å². The molecule has 2 aromatic heterocycles. The molecule has 0 fully saturated rings. The van der Waals surface area contributed by atoms with Gasteiger partial charge in [0, 0.05) is 20.1 Å². The normalized spacial score (nSPS) is 11.4. The van der Waals surface area contributed by atoms with Crippen molar-refractivity contribution in [1.82, 2.24) is 18.7 Å². The highest BCUT2D eigenvalue weighted by atomic mass is 16.4. The third-order valence-corrected chi connectivity index (χ3v) is 2.99. The summed E-state index contributed by atoms with van der Waals surface area (Å²) in [5.74, 6) is -1.48. The Balaban J connectivity index is 3.15. The standard InChI is InChI=1S/C11H14N4O4/c1-5(2)15-7(10(17)18)12-6-8(15)13(3)11(19)14(4)9(6)16/h5H,1-4H3,(H,17,18). The topological polar surface area (TPSA) is 99.1 Å². The van der Waals surface area contributed by atoms with E-state index in [0.717, 1.165) is 4.57 Å². The minimum Gasteiger partial charge on any atom is -0.475 e. The minimum atomic E-state index is -1.24. The molecule has 0 radical (unpaired) electrons. The molecule has 19 heavy (non-hydrogen) atoms. The van der Waals surface area contributed by atoms with Gasteiger partial charge in [0.1, 0.15) is 0 Å². The minimum absolute atomic E-state index is 0.0179. The van der Waals surface area contributed by atoms with E-state index in [0.29, 0.717) is 0 Å². The van der Waals surface area contributed by atoms with E-state index in [1.54, 1.807) is 13.8 Å². The number of carbonyl (C=O) groups is 1. The van der Waals surface area contributed by atoms with Crippen LogP contribution in [0.4, 0.5) is 0 Å². The maximum Gasteiger partial charge on any atom is 0.372 e. The van der Waals surface area contributed by atoms with Gasteiger partial charge in [-0.15, -0.1) is 0 Å². The molecule has 0 aliphatic carbocycles. The second-order valence-corrected chi connectivity index (χ2v) is 4.58. The van der Waals surface area contributed by atoms with Crippen LogP contribution in [0, 0.1) is 0 Å². The zero-order valence-electron chi connectivity index (χ0n) is 11.0. The zero-order chi connectivity index (χ0) is 14.5. The van der Waals surface area contributed by atoms with Crippen LogP contribution in [0.1, 0.15) is 30.5 Å². The van der Waals surface area contributed by atoms with Crippen molar-refractivity contribution in [2.75, 3.05) is 0 Å². The van der Waals surface area contributed by atoms with Gasteiger partial charge in [-0.1, -0.05) is 0 Å². The number of carboxylic acid groups (broad SMARTS) is 1. The van der Waals surface area contributed by atoms with Crippen LogP contribution in [-0.4, -0.2) is 29.8 Å². The van der Waals surface area contributed by atoms with Gasteiger partial charge in [-0.05, 0) is 13.8 Å². The van der Waals surface area contributed by atoms with E-state index in [9.17, 15) is 14.4 Å². The van der Waals surface area contributed by atoms with Crippen molar-refractivity contribution < 1.29 is 9.90 Å².